The molecule has 0 spiro atoms. The zero-order chi connectivity index (χ0) is 20.6. The summed E-state index contributed by atoms with van der Waals surface area (Å²) in [6.07, 6.45) is 3.06. The minimum Gasteiger partial charge on any atom is -0.426 e. The van der Waals surface area contributed by atoms with E-state index in [0.717, 1.165) is 12.8 Å². The highest BCUT2D eigenvalue weighted by molar-refractivity contribution is 6.05. The first-order chi connectivity index (χ1) is 14.0. The molecule has 0 atom stereocenters. The van der Waals surface area contributed by atoms with Crippen LogP contribution >= 0.6 is 0 Å². The van der Waals surface area contributed by atoms with E-state index in [1.807, 2.05) is 0 Å². The van der Waals surface area contributed by atoms with Crippen molar-refractivity contribution < 1.29 is 33.4 Å². The fourth-order valence-corrected chi connectivity index (χ4v) is 2.88. The van der Waals surface area contributed by atoms with Crippen molar-refractivity contribution in [1.82, 2.24) is 0 Å². The Labute approximate surface area is 167 Å². The van der Waals surface area contributed by atoms with Crippen molar-refractivity contribution in [2.24, 2.45) is 0 Å². The third kappa shape index (κ3) is 5.51. The lowest BCUT2D eigenvalue weighted by molar-refractivity contribution is -0.135. The summed E-state index contributed by atoms with van der Waals surface area (Å²) in [5, 5.41) is 0. The lowest BCUT2D eigenvalue weighted by Crippen LogP contribution is -2.17. The van der Waals surface area contributed by atoms with E-state index in [2.05, 4.69) is 0 Å². The number of carbonyl (C=O) groups is 4. The summed E-state index contributed by atoms with van der Waals surface area (Å²) in [6.45, 7) is 0. The Morgan fingerprint density at radius 3 is 1.38 bits per heavy atom. The summed E-state index contributed by atoms with van der Waals surface area (Å²) in [4.78, 5) is 49.1. The smallest absolute Gasteiger partial charge is 0.349 e. The maximum Gasteiger partial charge on any atom is 0.349 e. The van der Waals surface area contributed by atoms with Crippen molar-refractivity contribution in [3.05, 3.63) is 59.7 Å². The van der Waals surface area contributed by atoms with Crippen LogP contribution in [-0.4, -0.2) is 23.9 Å². The van der Waals surface area contributed by atoms with Crippen LogP contribution in [0.25, 0.3) is 0 Å². The van der Waals surface area contributed by atoms with Crippen LogP contribution in [0, 0.1) is 0 Å². The lowest BCUT2D eigenvalue weighted by Gasteiger charge is -2.10. The number of rotatable bonds is 0. The third-order valence-electron chi connectivity index (χ3n) is 4.36. The highest BCUT2D eigenvalue weighted by Crippen LogP contribution is 2.24. The summed E-state index contributed by atoms with van der Waals surface area (Å²) >= 11 is 0. The van der Waals surface area contributed by atoms with Gasteiger partial charge in [-0.25, -0.2) is 9.59 Å². The fourth-order valence-electron chi connectivity index (χ4n) is 2.88. The minimum absolute atomic E-state index is 0.0272. The molecule has 7 heteroatoms. The summed E-state index contributed by atoms with van der Waals surface area (Å²) in [5.74, 6) is -2.84. The Bertz CT molecular complexity index is 857. The van der Waals surface area contributed by atoms with E-state index < -0.39 is 23.9 Å². The monoisotopic (exact) mass is 396 g/mol. The topological polar surface area (TPSA) is 96.0 Å². The van der Waals surface area contributed by atoms with Crippen LogP contribution in [0.2, 0.25) is 0 Å². The summed E-state index contributed by atoms with van der Waals surface area (Å²) < 4.78 is 15.5. The molecule has 7 nitrogen and oxygen atoms in total. The number of esters is 4. The second-order valence-corrected chi connectivity index (χ2v) is 6.53. The third-order valence-corrected chi connectivity index (χ3v) is 4.36. The molecule has 0 aliphatic carbocycles. The van der Waals surface area contributed by atoms with Crippen LogP contribution in [0.5, 0.6) is 11.5 Å². The average Bonchev–Trinajstić information content (AvgIpc) is 2.70. The zero-order valence-electron chi connectivity index (χ0n) is 15.7. The molecule has 1 aliphatic rings. The second-order valence-electron chi connectivity index (χ2n) is 6.53. The molecule has 1 aliphatic heterocycles. The van der Waals surface area contributed by atoms with E-state index >= 15 is 0 Å². The molecule has 2 aromatic carbocycles. The van der Waals surface area contributed by atoms with Gasteiger partial charge in [-0.3, -0.25) is 9.59 Å². The molecule has 0 bridgehead atoms. The molecule has 0 fully saturated rings. The predicted molar refractivity (Wildman–Crippen MR) is 102 cm³/mol. The number of hydrogen-bond acceptors (Lipinski definition) is 7. The van der Waals surface area contributed by atoms with Crippen molar-refractivity contribution >= 4 is 23.9 Å². The van der Waals surface area contributed by atoms with Crippen molar-refractivity contribution in [2.75, 3.05) is 0 Å². The van der Waals surface area contributed by atoms with Crippen LogP contribution < -0.4 is 9.47 Å². The van der Waals surface area contributed by atoms with Gasteiger partial charge in [-0.2, -0.15) is 0 Å². The van der Waals surface area contributed by atoms with Gasteiger partial charge in [0.05, 0.1) is 0 Å². The molecule has 0 unspecified atom stereocenters. The Morgan fingerprint density at radius 1 is 0.517 bits per heavy atom. The molecule has 3 rings (SSSR count). The Kier molecular flexibility index (Phi) is 6.73. The molecular weight excluding hydrogens is 376 g/mol. The van der Waals surface area contributed by atoms with Gasteiger partial charge in [-0.05, 0) is 37.1 Å². The first kappa shape index (κ1) is 20.3. The van der Waals surface area contributed by atoms with E-state index in [4.69, 9.17) is 14.2 Å². The second kappa shape index (κ2) is 9.64. The first-order valence-electron chi connectivity index (χ1n) is 9.40. The van der Waals surface area contributed by atoms with E-state index in [1.165, 1.54) is 24.3 Å². The number of cyclic esters (lactones) is 2. The van der Waals surface area contributed by atoms with Crippen molar-refractivity contribution in [3.63, 3.8) is 0 Å². The first-order valence-corrected chi connectivity index (χ1v) is 9.40. The molecule has 0 saturated heterocycles. The van der Waals surface area contributed by atoms with E-state index in [-0.39, 0.29) is 35.5 Å². The van der Waals surface area contributed by atoms with Crippen LogP contribution in [0.3, 0.4) is 0 Å². The van der Waals surface area contributed by atoms with Crippen LogP contribution in [0.15, 0.2) is 48.5 Å². The van der Waals surface area contributed by atoms with Crippen LogP contribution in [-0.2, 0) is 14.3 Å². The van der Waals surface area contributed by atoms with Crippen LogP contribution in [0.1, 0.15) is 59.2 Å². The fraction of sp³-hybridized carbons (Fsp3) is 0.273. The molecule has 2 aromatic rings. The molecule has 0 saturated carbocycles. The van der Waals surface area contributed by atoms with Gasteiger partial charge in [0.2, 0.25) is 0 Å². The molecule has 0 radical (unpaired) electrons. The number of fused-ring (bicyclic) bond motifs is 2. The Morgan fingerprint density at radius 2 is 0.931 bits per heavy atom. The van der Waals surface area contributed by atoms with Gasteiger partial charge in [0.15, 0.2) is 0 Å². The van der Waals surface area contributed by atoms with Crippen molar-refractivity contribution in [1.29, 1.82) is 0 Å². The zero-order valence-corrected chi connectivity index (χ0v) is 15.7. The summed E-state index contributed by atoms with van der Waals surface area (Å²) in [5.41, 5.74) is -0.0963. The standard InChI is InChI=1S/C22H20O7/c23-19-13-3-1-2-4-14-20(24)28-18-12-8-6-10-16(18)22(26)29-21(25)15-9-5-7-11-17(15)27-19/h5-12H,1-4,13-14H2. The SMILES string of the molecule is O=C1CCCCCCC(=O)Oc2ccccc2C(=O)OC(=O)c2ccccc2O1. The normalized spacial score (nSPS) is 16.6. The van der Waals surface area contributed by atoms with Crippen molar-refractivity contribution in [2.45, 2.75) is 38.5 Å². The average molecular weight is 396 g/mol. The molecule has 29 heavy (non-hydrogen) atoms. The summed E-state index contributed by atoms with van der Waals surface area (Å²) in [6, 6.07) is 12.1. The van der Waals surface area contributed by atoms with E-state index in [0.29, 0.717) is 12.8 Å². The Hall–Kier alpha value is -3.48. The highest BCUT2D eigenvalue weighted by atomic mass is 16.6. The number of para-hydroxylation sites is 2. The quantitative estimate of drug-likeness (QED) is 0.379. The maximum atomic E-state index is 12.5. The van der Waals surface area contributed by atoms with E-state index in [9.17, 15) is 19.2 Å². The number of ether oxygens (including phenoxy) is 3. The number of hydrogen-bond donors (Lipinski definition) is 0. The minimum atomic E-state index is -0.969. The van der Waals surface area contributed by atoms with Gasteiger partial charge in [-0.15, -0.1) is 0 Å². The van der Waals surface area contributed by atoms with Gasteiger partial charge in [0.25, 0.3) is 0 Å². The van der Waals surface area contributed by atoms with Gasteiger partial charge in [0, 0.05) is 12.8 Å². The predicted octanol–water partition coefficient (Wildman–Crippen LogP) is 3.85. The van der Waals surface area contributed by atoms with E-state index in [1.54, 1.807) is 24.3 Å². The number of benzene rings is 2. The van der Waals surface area contributed by atoms with Gasteiger partial charge in [0.1, 0.15) is 22.6 Å². The largest absolute Gasteiger partial charge is 0.426 e. The highest BCUT2D eigenvalue weighted by Gasteiger charge is 2.23. The molecule has 150 valence electrons. The van der Waals surface area contributed by atoms with Gasteiger partial charge >= 0.3 is 23.9 Å². The molecular formula is C22H20O7. The lowest BCUT2D eigenvalue weighted by atomic mass is 10.1. The molecule has 0 N–H and O–H groups in total. The Balaban J connectivity index is 1.89. The molecule has 0 aromatic heterocycles. The van der Waals surface area contributed by atoms with Gasteiger partial charge < -0.3 is 14.2 Å². The summed E-state index contributed by atoms with van der Waals surface area (Å²) in [7, 11) is 0. The van der Waals surface area contributed by atoms with Crippen molar-refractivity contribution in [3.8, 4) is 11.5 Å². The number of carbonyl (C=O) groups excluding carboxylic acids is 4. The molecule has 1 heterocycles. The van der Waals surface area contributed by atoms with Crippen LogP contribution in [0.4, 0.5) is 0 Å². The maximum absolute atomic E-state index is 12.5. The molecule has 0 amide bonds. The van der Waals surface area contributed by atoms with Gasteiger partial charge in [-0.1, -0.05) is 37.1 Å².